The van der Waals surface area contributed by atoms with Gasteiger partial charge in [-0.05, 0) is 24.5 Å². The second kappa shape index (κ2) is 7.78. The van der Waals surface area contributed by atoms with Crippen LogP contribution in [0.15, 0.2) is 24.3 Å². The van der Waals surface area contributed by atoms with Crippen molar-refractivity contribution in [1.82, 2.24) is 0 Å². The van der Waals surface area contributed by atoms with E-state index in [1.54, 1.807) is 0 Å². The Kier molecular flexibility index (Phi) is 6.37. The van der Waals surface area contributed by atoms with Crippen molar-refractivity contribution >= 4 is 11.9 Å². The van der Waals surface area contributed by atoms with Crippen LogP contribution in [0.5, 0.6) is 0 Å². The van der Waals surface area contributed by atoms with Crippen molar-refractivity contribution in [2.24, 2.45) is 5.41 Å². The van der Waals surface area contributed by atoms with Gasteiger partial charge in [-0.15, -0.1) is 0 Å². The zero-order chi connectivity index (χ0) is 15.9. The van der Waals surface area contributed by atoms with Crippen LogP contribution in [0.2, 0.25) is 0 Å². The van der Waals surface area contributed by atoms with Crippen molar-refractivity contribution in [3.8, 4) is 0 Å². The Hall–Kier alpha value is -1.88. The first kappa shape index (κ1) is 17.2. The van der Waals surface area contributed by atoms with E-state index < -0.39 is 24.0 Å². The van der Waals surface area contributed by atoms with Gasteiger partial charge in [-0.3, -0.25) is 9.59 Å². The lowest BCUT2D eigenvalue weighted by Crippen LogP contribution is -2.38. The summed E-state index contributed by atoms with van der Waals surface area (Å²) in [7, 11) is 0. The molecule has 0 aliphatic rings. The van der Waals surface area contributed by atoms with Gasteiger partial charge in [0.2, 0.25) is 0 Å². The summed E-state index contributed by atoms with van der Waals surface area (Å²) in [5, 5.41) is 9.34. The number of aliphatic hydroxyl groups excluding tert-OH is 1. The lowest BCUT2D eigenvalue weighted by atomic mass is 9.93. The van der Waals surface area contributed by atoms with Crippen molar-refractivity contribution in [3.05, 3.63) is 35.4 Å². The average molecular weight is 294 g/mol. The second-order valence-corrected chi connectivity index (χ2v) is 5.25. The van der Waals surface area contributed by atoms with Crippen molar-refractivity contribution in [3.63, 3.8) is 0 Å². The van der Waals surface area contributed by atoms with Crippen molar-refractivity contribution in [2.45, 2.75) is 33.8 Å². The van der Waals surface area contributed by atoms with E-state index in [0.29, 0.717) is 0 Å². The highest BCUT2D eigenvalue weighted by molar-refractivity contribution is 5.77. The molecular formula is C16H22O5. The predicted octanol–water partition coefficient (Wildman–Crippen LogP) is 1.85. The molecule has 1 atom stereocenters. The van der Waals surface area contributed by atoms with Crippen LogP contribution in [0.4, 0.5) is 0 Å². The van der Waals surface area contributed by atoms with Crippen molar-refractivity contribution < 1.29 is 24.2 Å². The van der Waals surface area contributed by atoms with Crippen molar-refractivity contribution in [2.75, 3.05) is 13.2 Å². The summed E-state index contributed by atoms with van der Waals surface area (Å²) >= 11 is 0. The number of ether oxygens (including phenoxy) is 2. The molecule has 0 saturated carbocycles. The summed E-state index contributed by atoms with van der Waals surface area (Å²) in [4.78, 5) is 22.8. The lowest BCUT2D eigenvalue weighted by molar-refractivity contribution is -0.166. The fourth-order valence-electron chi connectivity index (χ4n) is 1.62. The molecule has 1 aromatic rings. The Morgan fingerprint density at radius 2 is 1.71 bits per heavy atom. The topological polar surface area (TPSA) is 72.8 Å². The van der Waals surface area contributed by atoms with Gasteiger partial charge in [-0.25, -0.2) is 0 Å². The highest BCUT2D eigenvalue weighted by atomic mass is 16.6. The average Bonchev–Trinajstić information content (AvgIpc) is 2.50. The van der Waals surface area contributed by atoms with E-state index in [1.807, 2.05) is 24.3 Å². The fourth-order valence-corrected chi connectivity index (χ4v) is 1.62. The van der Waals surface area contributed by atoms with Crippen LogP contribution in [0.25, 0.3) is 0 Å². The van der Waals surface area contributed by atoms with Crippen molar-refractivity contribution in [1.29, 1.82) is 0 Å². The molecule has 0 spiro atoms. The van der Waals surface area contributed by atoms with E-state index in [-0.39, 0.29) is 13.2 Å². The summed E-state index contributed by atoms with van der Waals surface area (Å²) in [6.45, 7) is 4.28. The molecule has 1 unspecified atom stereocenters. The predicted molar refractivity (Wildman–Crippen MR) is 77.4 cm³/mol. The molecule has 116 valence electrons. The van der Waals surface area contributed by atoms with Crippen LogP contribution in [0.3, 0.4) is 0 Å². The molecular weight excluding hydrogens is 272 g/mol. The smallest absolute Gasteiger partial charge is 0.317 e. The quantitative estimate of drug-likeness (QED) is 0.777. The van der Waals surface area contributed by atoms with E-state index in [2.05, 4.69) is 6.92 Å². The number of benzene rings is 1. The first-order valence-electron chi connectivity index (χ1n) is 6.90. The maximum atomic E-state index is 12.0. The molecule has 1 aromatic carbocycles. The lowest BCUT2D eigenvalue weighted by Gasteiger charge is -2.24. The highest BCUT2D eigenvalue weighted by Gasteiger charge is 2.36. The maximum Gasteiger partial charge on any atom is 0.317 e. The normalized spacial score (nSPS) is 13.3. The van der Waals surface area contributed by atoms with Gasteiger partial charge in [0.1, 0.15) is 18.6 Å². The molecule has 0 heterocycles. The Labute approximate surface area is 124 Å². The number of carbonyl (C=O) groups is 2. The fraction of sp³-hybridized carbons (Fsp3) is 0.500. The molecule has 21 heavy (non-hydrogen) atoms. The number of hydrogen-bond acceptors (Lipinski definition) is 5. The van der Waals surface area contributed by atoms with Gasteiger partial charge in [0, 0.05) is 6.92 Å². The van der Waals surface area contributed by atoms with Gasteiger partial charge in [0.05, 0.1) is 6.61 Å². The third-order valence-electron chi connectivity index (χ3n) is 3.24. The summed E-state index contributed by atoms with van der Waals surface area (Å²) in [6, 6.07) is 7.75. The maximum absolute atomic E-state index is 12.0. The summed E-state index contributed by atoms with van der Waals surface area (Å²) < 4.78 is 10.0. The van der Waals surface area contributed by atoms with Crippen LogP contribution in [0.1, 0.15) is 31.9 Å². The standard InChI is InChI=1S/C16H22O5/c1-4-13-5-7-14(8-6-13)9-20-15(19)16(3,10-17)11-21-12(2)18/h5-8,17H,4,9-11H2,1-3H3. The Balaban J connectivity index is 2.58. The van der Waals surface area contributed by atoms with E-state index in [1.165, 1.54) is 19.4 Å². The molecule has 0 bridgehead atoms. The molecule has 0 amide bonds. The number of carbonyl (C=O) groups excluding carboxylic acids is 2. The number of aliphatic hydroxyl groups is 1. The molecule has 5 heteroatoms. The number of aryl methyl sites for hydroxylation is 1. The molecule has 0 radical (unpaired) electrons. The van der Waals surface area contributed by atoms with E-state index >= 15 is 0 Å². The van der Waals surface area contributed by atoms with Gasteiger partial charge < -0.3 is 14.6 Å². The molecule has 1 rings (SSSR count). The third kappa shape index (κ3) is 5.19. The molecule has 5 nitrogen and oxygen atoms in total. The van der Waals surface area contributed by atoms with E-state index in [4.69, 9.17) is 9.47 Å². The molecule has 0 saturated heterocycles. The minimum absolute atomic E-state index is 0.124. The third-order valence-corrected chi connectivity index (χ3v) is 3.24. The SMILES string of the molecule is CCc1ccc(COC(=O)C(C)(CO)COC(C)=O)cc1. The Bertz CT molecular complexity index is 480. The van der Waals surface area contributed by atoms with Crippen LogP contribution in [-0.2, 0) is 32.1 Å². The van der Waals surface area contributed by atoms with Gasteiger partial charge >= 0.3 is 11.9 Å². The summed E-state index contributed by atoms with van der Waals surface area (Å²) in [5.41, 5.74) is 0.836. The van der Waals surface area contributed by atoms with Crippen LogP contribution >= 0.6 is 0 Å². The first-order chi connectivity index (χ1) is 9.91. The van der Waals surface area contributed by atoms with Gasteiger partial charge in [0.25, 0.3) is 0 Å². The monoisotopic (exact) mass is 294 g/mol. The summed E-state index contributed by atoms with van der Waals surface area (Å²) in [5.74, 6) is -1.09. The van der Waals surface area contributed by atoms with Gasteiger partial charge in [-0.2, -0.15) is 0 Å². The minimum Gasteiger partial charge on any atom is -0.465 e. The van der Waals surface area contributed by atoms with Crippen LogP contribution in [-0.4, -0.2) is 30.3 Å². The van der Waals surface area contributed by atoms with E-state index in [0.717, 1.165) is 12.0 Å². The van der Waals surface area contributed by atoms with Gasteiger partial charge in [-0.1, -0.05) is 31.2 Å². The van der Waals surface area contributed by atoms with Gasteiger partial charge in [0.15, 0.2) is 0 Å². The van der Waals surface area contributed by atoms with Crippen LogP contribution < -0.4 is 0 Å². The number of esters is 2. The Morgan fingerprint density at radius 3 is 2.19 bits per heavy atom. The minimum atomic E-state index is -1.24. The molecule has 0 fully saturated rings. The second-order valence-electron chi connectivity index (χ2n) is 5.25. The number of rotatable bonds is 7. The zero-order valence-corrected chi connectivity index (χ0v) is 12.7. The zero-order valence-electron chi connectivity index (χ0n) is 12.7. The van der Waals surface area contributed by atoms with Crippen LogP contribution in [0, 0.1) is 5.41 Å². The molecule has 0 aromatic heterocycles. The van der Waals surface area contributed by atoms with E-state index in [9.17, 15) is 14.7 Å². The Morgan fingerprint density at radius 1 is 1.14 bits per heavy atom. The molecule has 0 aliphatic carbocycles. The summed E-state index contributed by atoms with van der Waals surface area (Å²) in [6.07, 6.45) is 0.949. The molecule has 0 aliphatic heterocycles. The highest BCUT2D eigenvalue weighted by Crippen LogP contribution is 2.19. The first-order valence-corrected chi connectivity index (χ1v) is 6.90. The number of hydrogen-bond donors (Lipinski definition) is 1. The molecule has 1 N–H and O–H groups in total. The largest absolute Gasteiger partial charge is 0.465 e.